The number of hydrogen-bond acceptors (Lipinski definition) is 2. The summed E-state index contributed by atoms with van der Waals surface area (Å²) in [7, 11) is 0. The Bertz CT molecular complexity index is 487. The molecule has 0 spiro atoms. The second-order valence-electron chi connectivity index (χ2n) is 3.90. The van der Waals surface area contributed by atoms with E-state index in [0.29, 0.717) is 5.56 Å². The number of hydrogen-bond donors (Lipinski definition) is 2. The first-order chi connectivity index (χ1) is 7.85. The Labute approximate surface area is 107 Å². The summed E-state index contributed by atoms with van der Waals surface area (Å²) in [5.74, 6) is -1.57. The number of rotatable bonds is 3. The van der Waals surface area contributed by atoms with Gasteiger partial charge < -0.3 is 5.73 Å². The third-order valence-corrected chi connectivity index (χ3v) is 3.77. The first kappa shape index (κ1) is 12.1. The van der Waals surface area contributed by atoms with E-state index in [1.165, 1.54) is 12.1 Å². The molecule has 2 atom stereocenters. The quantitative estimate of drug-likeness (QED) is 0.652. The molecule has 1 amide bonds. The van der Waals surface area contributed by atoms with Crippen LogP contribution in [-0.4, -0.2) is 20.4 Å². The Balaban J connectivity index is 2.26. The van der Waals surface area contributed by atoms with Gasteiger partial charge in [0.25, 0.3) is 4.92 Å². The smallest absolute Gasteiger partial charge is 0.316 e. The fraction of sp³-hybridized carbons (Fsp3) is 0.300. The van der Waals surface area contributed by atoms with Crippen LogP contribution in [0.1, 0.15) is 11.5 Å². The van der Waals surface area contributed by atoms with Crippen LogP contribution in [0.4, 0.5) is 5.69 Å². The van der Waals surface area contributed by atoms with Crippen LogP contribution in [0, 0.1) is 10.8 Å². The standard InChI is InChI=1S/C10H8Cl2N2O3/c11-10(12)7(8(10)9(13)15)5-1-3-6(4-2-5)14(16)17/h1-4,7-8H,(H2-,13,15,16,17)/p+1. The number of primary amides is 1. The molecule has 1 aliphatic carbocycles. The van der Waals surface area contributed by atoms with Crippen LogP contribution in [0.15, 0.2) is 24.3 Å². The van der Waals surface area contributed by atoms with Crippen molar-refractivity contribution >= 4 is 34.8 Å². The van der Waals surface area contributed by atoms with Gasteiger partial charge >= 0.3 is 5.69 Å². The highest BCUT2D eigenvalue weighted by Crippen LogP contribution is 2.64. The molecular weight excluding hydrogens is 267 g/mol. The van der Waals surface area contributed by atoms with Crippen molar-refractivity contribution < 1.29 is 14.9 Å². The molecule has 5 nitrogen and oxygen atoms in total. The van der Waals surface area contributed by atoms with Gasteiger partial charge in [-0.05, 0) is 5.56 Å². The van der Waals surface area contributed by atoms with Gasteiger partial charge in [-0.15, -0.1) is 23.2 Å². The number of carbonyl (C=O) groups excluding carboxylic acids is 1. The van der Waals surface area contributed by atoms with Crippen molar-refractivity contribution in [3.05, 3.63) is 34.7 Å². The maximum Gasteiger partial charge on any atom is 0.316 e. The molecular formula is C10H9Cl2N2O3+. The number of carbonyl (C=O) groups is 1. The van der Waals surface area contributed by atoms with E-state index in [2.05, 4.69) is 0 Å². The monoisotopic (exact) mass is 275 g/mol. The lowest BCUT2D eigenvalue weighted by atomic mass is 10.1. The Morgan fingerprint density at radius 1 is 1.35 bits per heavy atom. The van der Waals surface area contributed by atoms with Crippen LogP contribution in [0.3, 0.4) is 0 Å². The molecule has 0 saturated heterocycles. The maximum absolute atomic E-state index is 11.1. The van der Waals surface area contributed by atoms with Crippen molar-refractivity contribution in [3.63, 3.8) is 0 Å². The zero-order chi connectivity index (χ0) is 12.8. The average molecular weight is 276 g/mol. The zero-order valence-corrected chi connectivity index (χ0v) is 10.0. The van der Waals surface area contributed by atoms with Crippen molar-refractivity contribution in [2.45, 2.75) is 10.3 Å². The predicted molar refractivity (Wildman–Crippen MR) is 61.4 cm³/mol. The highest BCUT2D eigenvalue weighted by Gasteiger charge is 2.67. The number of benzene rings is 1. The topological polar surface area (TPSA) is 83.4 Å². The summed E-state index contributed by atoms with van der Waals surface area (Å²) >= 11 is 11.9. The molecule has 0 bridgehead atoms. The molecule has 1 aromatic carbocycles. The predicted octanol–water partition coefficient (Wildman–Crippen LogP) is 1.86. The summed E-state index contributed by atoms with van der Waals surface area (Å²) in [5.41, 5.74) is 5.95. The molecule has 1 saturated carbocycles. The van der Waals surface area contributed by atoms with Crippen molar-refractivity contribution in [3.8, 4) is 0 Å². The number of amides is 1. The molecule has 1 fully saturated rings. The van der Waals surface area contributed by atoms with Crippen molar-refractivity contribution in [2.75, 3.05) is 0 Å². The molecule has 0 aromatic heterocycles. The van der Waals surface area contributed by atoms with Crippen molar-refractivity contribution in [2.24, 2.45) is 11.7 Å². The molecule has 0 heterocycles. The third kappa shape index (κ3) is 1.96. The lowest BCUT2D eigenvalue weighted by Crippen LogP contribution is -2.16. The highest BCUT2D eigenvalue weighted by atomic mass is 35.5. The van der Waals surface area contributed by atoms with Gasteiger partial charge in [0.15, 0.2) is 0 Å². The largest absolute Gasteiger partial charge is 0.369 e. The molecule has 2 rings (SSSR count). The summed E-state index contributed by atoms with van der Waals surface area (Å²) in [6.45, 7) is 0. The number of nitrogens with zero attached hydrogens (tertiary/aromatic N) is 1. The summed E-state index contributed by atoms with van der Waals surface area (Å²) in [5, 5.41) is 8.66. The molecule has 17 heavy (non-hydrogen) atoms. The average Bonchev–Trinajstić information content (AvgIpc) is 2.82. The van der Waals surface area contributed by atoms with Crippen molar-refractivity contribution in [1.29, 1.82) is 0 Å². The Hall–Kier alpha value is -1.33. The molecule has 7 heteroatoms. The minimum atomic E-state index is -1.19. The second-order valence-corrected chi connectivity index (χ2v) is 5.34. The molecule has 3 N–H and O–H groups in total. The van der Waals surface area contributed by atoms with Gasteiger partial charge in [0.2, 0.25) is 5.91 Å². The normalized spacial score (nSPS) is 25.3. The Kier molecular flexibility index (Phi) is 2.75. The van der Waals surface area contributed by atoms with E-state index < -0.39 is 16.2 Å². The minimum absolute atomic E-state index is 0.0831. The van der Waals surface area contributed by atoms with E-state index in [4.69, 9.17) is 34.1 Å². The third-order valence-electron chi connectivity index (χ3n) is 2.83. The number of halogens is 2. The fourth-order valence-electron chi connectivity index (χ4n) is 1.90. The molecule has 2 unspecified atom stereocenters. The van der Waals surface area contributed by atoms with Crippen LogP contribution in [-0.2, 0) is 4.79 Å². The maximum atomic E-state index is 11.1. The van der Waals surface area contributed by atoms with Gasteiger partial charge in [0.1, 0.15) is 4.33 Å². The van der Waals surface area contributed by atoms with Gasteiger partial charge in [-0.1, -0.05) is 12.1 Å². The summed E-state index contributed by atoms with van der Waals surface area (Å²) in [4.78, 5) is 21.4. The van der Waals surface area contributed by atoms with Gasteiger partial charge in [0.05, 0.1) is 10.8 Å². The van der Waals surface area contributed by atoms with Gasteiger partial charge in [-0.2, -0.15) is 0 Å². The van der Waals surface area contributed by atoms with Crippen LogP contribution in [0.25, 0.3) is 0 Å². The lowest BCUT2D eigenvalue weighted by Gasteiger charge is -1.98. The first-order valence-corrected chi connectivity index (χ1v) is 5.54. The highest BCUT2D eigenvalue weighted by molar-refractivity contribution is 6.53. The van der Waals surface area contributed by atoms with E-state index in [0.717, 1.165) is 0 Å². The minimum Gasteiger partial charge on any atom is -0.369 e. The lowest BCUT2D eigenvalue weighted by molar-refractivity contribution is -0.729. The van der Waals surface area contributed by atoms with E-state index in [1.807, 2.05) is 0 Å². The number of alkyl halides is 2. The Morgan fingerprint density at radius 3 is 2.24 bits per heavy atom. The van der Waals surface area contributed by atoms with Crippen LogP contribution in [0.5, 0.6) is 0 Å². The molecule has 0 aliphatic heterocycles. The fourth-order valence-corrected chi connectivity index (χ4v) is 2.75. The van der Waals surface area contributed by atoms with E-state index in [9.17, 15) is 9.70 Å². The van der Waals surface area contributed by atoms with Gasteiger partial charge in [-0.25, -0.2) is 5.21 Å². The van der Waals surface area contributed by atoms with Gasteiger partial charge in [0, 0.05) is 18.1 Å². The van der Waals surface area contributed by atoms with E-state index >= 15 is 0 Å². The molecule has 1 aromatic rings. The second kappa shape index (κ2) is 3.85. The molecule has 1 aliphatic rings. The molecule has 90 valence electrons. The van der Waals surface area contributed by atoms with E-state index in [-0.39, 0.29) is 16.5 Å². The van der Waals surface area contributed by atoms with Crippen LogP contribution < -0.4 is 5.73 Å². The molecule has 0 radical (unpaired) electrons. The number of nitrogens with two attached hydrogens (primary N) is 1. The van der Waals surface area contributed by atoms with E-state index in [1.54, 1.807) is 12.1 Å². The summed E-state index contributed by atoms with van der Waals surface area (Å²) in [6, 6.07) is 5.96. The summed E-state index contributed by atoms with van der Waals surface area (Å²) in [6.07, 6.45) is 0. The first-order valence-electron chi connectivity index (χ1n) is 4.79. The summed E-state index contributed by atoms with van der Waals surface area (Å²) < 4.78 is -1.19. The van der Waals surface area contributed by atoms with Crippen LogP contribution in [0.2, 0.25) is 0 Å². The van der Waals surface area contributed by atoms with Gasteiger partial charge in [-0.3, -0.25) is 4.79 Å². The zero-order valence-electron chi connectivity index (χ0n) is 8.51. The Morgan fingerprint density at radius 2 is 1.88 bits per heavy atom. The SMILES string of the molecule is NC(=O)C1C(c2ccc([N+](=O)O)cc2)C1(Cl)Cl. The van der Waals surface area contributed by atoms with Crippen LogP contribution >= 0.6 is 23.2 Å². The van der Waals surface area contributed by atoms with Crippen molar-refractivity contribution in [1.82, 2.24) is 0 Å².